The van der Waals surface area contributed by atoms with Crippen LogP contribution in [0.25, 0.3) is 0 Å². The first kappa shape index (κ1) is 24.8. The lowest BCUT2D eigenvalue weighted by atomic mass is 10.1. The van der Waals surface area contributed by atoms with E-state index in [4.69, 9.17) is 23.2 Å². The summed E-state index contributed by atoms with van der Waals surface area (Å²) in [5, 5.41) is 4.76. The van der Waals surface area contributed by atoms with Gasteiger partial charge in [0.25, 0.3) is 15.9 Å². The van der Waals surface area contributed by atoms with Crippen LogP contribution in [0.2, 0.25) is 10.0 Å². The highest BCUT2D eigenvalue weighted by atomic mass is 35.5. The van der Waals surface area contributed by atoms with Crippen molar-refractivity contribution in [2.45, 2.75) is 25.7 Å². The Labute approximate surface area is 203 Å². The topological polar surface area (TPSA) is 78.8 Å². The Bertz CT molecular complexity index is 1310. The van der Waals surface area contributed by atoms with Crippen molar-refractivity contribution in [1.82, 2.24) is 5.43 Å². The number of nitrogens with one attached hydrogen (secondary N) is 1. The number of carbonyl (C=O) groups excluding carboxylic acids is 1. The van der Waals surface area contributed by atoms with Gasteiger partial charge in [-0.15, -0.1) is 0 Å². The summed E-state index contributed by atoms with van der Waals surface area (Å²) in [7, 11) is -4.01. The standard InChI is InChI=1S/C24H23Cl2N3O3S/c1-16-4-9-21(10-5-16)33(31,32)29(23-11-6-17(2)12-18(23)3)15-24(30)28-27-14-19-7-8-20(25)13-22(19)26/h4-14H,15H2,1-3H3,(H,28,30)/b27-14-. The Hall–Kier alpha value is -2.87. The summed E-state index contributed by atoms with van der Waals surface area (Å²) in [5.74, 6) is -0.605. The summed E-state index contributed by atoms with van der Waals surface area (Å²) in [5.41, 5.74) is 5.99. The van der Waals surface area contributed by atoms with Crippen LogP contribution in [-0.4, -0.2) is 27.1 Å². The summed E-state index contributed by atoms with van der Waals surface area (Å²) >= 11 is 12.0. The quantitative estimate of drug-likeness (QED) is 0.352. The molecule has 0 saturated carbocycles. The molecule has 172 valence electrons. The Morgan fingerprint density at radius 3 is 2.27 bits per heavy atom. The van der Waals surface area contributed by atoms with E-state index in [0.29, 0.717) is 21.3 Å². The first-order chi connectivity index (χ1) is 15.6. The summed E-state index contributed by atoms with van der Waals surface area (Å²) in [6.07, 6.45) is 1.37. The maximum atomic E-state index is 13.5. The summed E-state index contributed by atoms with van der Waals surface area (Å²) in [6, 6.07) is 16.7. The highest BCUT2D eigenvalue weighted by Crippen LogP contribution is 2.27. The molecule has 0 saturated heterocycles. The fraction of sp³-hybridized carbons (Fsp3) is 0.167. The average Bonchev–Trinajstić information content (AvgIpc) is 2.74. The highest BCUT2D eigenvalue weighted by Gasteiger charge is 2.28. The van der Waals surface area contributed by atoms with Gasteiger partial charge in [-0.1, -0.05) is 64.7 Å². The van der Waals surface area contributed by atoms with Crippen molar-refractivity contribution in [3.63, 3.8) is 0 Å². The minimum atomic E-state index is -4.01. The van der Waals surface area contributed by atoms with Gasteiger partial charge in [-0.2, -0.15) is 5.10 Å². The Balaban J connectivity index is 1.88. The highest BCUT2D eigenvalue weighted by molar-refractivity contribution is 7.92. The lowest BCUT2D eigenvalue weighted by Crippen LogP contribution is -2.40. The van der Waals surface area contributed by atoms with E-state index in [1.165, 1.54) is 18.3 Å². The van der Waals surface area contributed by atoms with Gasteiger partial charge in [0.1, 0.15) is 6.54 Å². The molecule has 0 radical (unpaired) electrons. The van der Waals surface area contributed by atoms with Crippen molar-refractivity contribution < 1.29 is 13.2 Å². The predicted octanol–water partition coefficient (Wildman–Crippen LogP) is 5.26. The maximum Gasteiger partial charge on any atom is 0.264 e. The maximum absolute atomic E-state index is 13.5. The number of hydrogen-bond acceptors (Lipinski definition) is 4. The van der Waals surface area contributed by atoms with E-state index in [-0.39, 0.29) is 4.90 Å². The second-order valence-electron chi connectivity index (χ2n) is 7.57. The van der Waals surface area contributed by atoms with E-state index < -0.39 is 22.5 Å². The van der Waals surface area contributed by atoms with Crippen molar-refractivity contribution in [1.29, 1.82) is 0 Å². The summed E-state index contributed by atoms with van der Waals surface area (Å²) in [4.78, 5) is 12.8. The predicted molar refractivity (Wildman–Crippen MR) is 134 cm³/mol. The zero-order valence-corrected chi connectivity index (χ0v) is 20.7. The lowest BCUT2D eigenvalue weighted by molar-refractivity contribution is -0.119. The molecule has 3 rings (SSSR count). The van der Waals surface area contributed by atoms with E-state index in [2.05, 4.69) is 10.5 Å². The molecule has 1 amide bonds. The molecular weight excluding hydrogens is 481 g/mol. The summed E-state index contributed by atoms with van der Waals surface area (Å²) < 4.78 is 28.0. The van der Waals surface area contributed by atoms with Crippen LogP contribution in [-0.2, 0) is 14.8 Å². The molecule has 3 aromatic rings. The second-order valence-corrected chi connectivity index (χ2v) is 10.3. The normalized spacial score (nSPS) is 11.5. The number of nitrogens with zero attached hydrogens (tertiary/aromatic N) is 2. The SMILES string of the molecule is Cc1ccc(S(=O)(=O)N(CC(=O)N/N=C\c2ccc(Cl)cc2Cl)c2ccc(C)cc2C)cc1. The average molecular weight is 504 g/mol. The third-order valence-corrected chi connectivity index (χ3v) is 7.21. The van der Waals surface area contributed by atoms with Gasteiger partial charge in [0.05, 0.1) is 21.8 Å². The number of halogens is 2. The number of rotatable bonds is 7. The first-order valence-electron chi connectivity index (χ1n) is 10.0. The molecule has 0 aliphatic rings. The third-order valence-electron chi connectivity index (χ3n) is 4.87. The number of anilines is 1. The van der Waals surface area contributed by atoms with Crippen LogP contribution in [0.5, 0.6) is 0 Å². The molecule has 0 aromatic heterocycles. The number of carbonyl (C=O) groups is 1. The fourth-order valence-electron chi connectivity index (χ4n) is 3.17. The molecule has 0 atom stereocenters. The molecule has 6 nitrogen and oxygen atoms in total. The van der Waals surface area contributed by atoms with Crippen molar-refractivity contribution in [3.05, 3.63) is 93.0 Å². The lowest BCUT2D eigenvalue weighted by Gasteiger charge is -2.25. The molecule has 0 fully saturated rings. The smallest absolute Gasteiger partial charge is 0.264 e. The molecule has 1 N–H and O–H groups in total. The van der Waals surface area contributed by atoms with Crippen LogP contribution >= 0.6 is 23.2 Å². The number of hydrazone groups is 1. The number of benzene rings is 3. The minimum absolute atomic E-state index is 0.0947. The minimum Gasteiger partial charge on any atom is -0.271 e. The largest absolute Gasteiger partial charge is 0.271 e. The summed E-state index contributed by atoms with van der Waals surface area (Å²) in [6.45, 7) is 5.14. The van der Waals surface area contributed by atoms with Crippen LogP contribution in [0.1, 0.15) is 22.3 Å². The molecule has 0 heterocycles. The van der Waals surface area contributed by atoms with E-state index >= 15 is 0 Å². The number of aryl methyl sites for hydroxylation is 3. The van der Waals surface area contributed by atoms with Crippen molar-refractivity contribution in [2.75, 3.05) is 10.8 Å². The zero-order valence-electron chi connectivity index (χ0n) is 18.3. The third kappa shape index (κ3) is 6.13. The molecular formula is C24H23Cl2N3O3S. The molecule has 0 unspecified atom stereocenters. The monoisotopic (exact) mass is 503 g/mol. The molecule has 9 heteroatoms. The Morgan fingerprint density at radius 1 is 0.970 bits per heavy atom. The van der Waals surface area contributed by atoms with Gasteiger partial charge in [0, 0.05) is 10.6 Å². The van der Waals surface area contributed by atoms with Crippen LogP contribution in [0.15, 0.2) is 70.7 Å². The van der Waals surface area contributed by atoms with Gasteiger partial charge in [0.2, 0.25) is 0 Å². The van der Waals surface area contributed by atoms with Crippen molar-refractivity contribution in [2.24, 2.45) is 5.10 Å². The van der Waals surface area contributed by atoms with Crippen LogP contribution < -0.4 is 9.73 Å². The van der Waals surface area contributed by atoms with E-state index in [9.17, 15) is 13.2 Å². The first-order valence-corrected chi connectivity index (χ1v) is 12.2. The van der Waals surface area contributed by atoms with E-state index in [0.717, 1.165) is 21.0 Å². The molecule has 0 aliphatic carbocycles. The fourth-order valence-corrected chi connectivity index (χ4v) is 5.11. The van der Waals surface area contributed by atoms with Crippen LogP contribution in [0.3, 0.4) is 0 Å². The number of hydrogen-bond donors (Lipinski definition) is 1. The molecule has 3 aromatic carbocycles. The molecule has 0 spiro atoms. The van der Waals surface area contributed by atoms with Gasteiger partial charge in [-0.3, -0.25) is 9.10 Å². The Kier molecular flexibility index (Phi) is 7.79. The Morgan fingerprint density at radius 2 is 1.64 bits per heavy atom. The molecule has 0 bridgehead atoms. The second kappa shape index (κ2) is 10.4. The van der Waals surface area contributed by atoms with Crippen LogP contribution in [0, 0.1) is 20.8 Å². The molecule has 0 aliphatic heterocycles. The van der Waals surface area contributed by atoms with Gasteiger partial charge in [-0.05, 0) is 56.7 Å². The van der Waals surface area contributed by atoms with Crippen molar-refractivity contribution in [3.8, 4) is 0 Å². The van der Waals surface area contributed by atoms with Gasteiger partial charge in [0.15, 0.2) is 0 Å². The van der Waals surface area contributed by atoms with Gasteiger partial charge >= 0.3 is 0 Å². The van der Waals surface area contributed by atoms with Crippen LogP contribution in [0.4, 0.5) is 5.69 Å². The molecule has 33 heavy (non-hydrogen) atoms. The van der Waals surface area contributed by atoms with E-state index in [1.807, 2.05) is 19.9 Å². The van der Waals surface area contributed by atoms with Gasteiger partial charge < -0.3 is 0 Å². The van der Waals surface area contributed by atoms with Crippen molar-refractivity contribution >= 4 is 51.0 Å². The number of sulfonamides is 1. The number of amides is 1. The van der Waals surface area contributed by atoms with Gasteiger partial charge in [-0.25, -0.2) is 13.8 Å². The van der Waals surface area contributed by atoms with E-state index in [1.54, 1.807) is 49.4 Å². The zero-order chi connectivity index (χ0) is 24.2.